The number of carbonyl (C=O) groups is 1. The molecule has 0 spiro atoms. The fourth-order valence-corrected chi connectivity index (χ4v) is 5.29. The number of benzene rings is 2. The van der Waals surface area contributed by atoms with Gasteiger partial charge in [-0.15, -0.1) is 0 Å². The molecule has 4 heteroatoms. The standard InChI is InChI=1S/C25H27FN2O/c26-19-14-12-17(13-15-19)16-27-24-21-9-3-4-10-22(21)25(29)28(24)23-11-5-7-18-6-1-2-8-20(18)23/h1-2,6,8,12-15,23-24,27H,3-5,7,9-11,16H2/t23-,24+/m0/s1. The molecule has 150 valence electrons. The number of rotatable bonds is 4. The van der Waals surface area contributed by atoms with E-state index in [1.54, 1.807) is 0 Å². The molecule has 0 saturated carbocycles. The molecule has 1 amide bonds. The summed E-state index contributed by atoms with van der Waals surface area (Å²) in [5.41, 5.74) is 6.04. The lowest BCUT2D eigenvalue weighted by Gasteiger charge is -2.38. The fraction of sp³-hybridized carbons (Fsp3) is 0.400. The number of amides is 1. The molecule has 2 aromatic rings. The van der Waals surface area contributed by atoms with Crippen molar-refractivity contribution in [2.24, 2.45) is 0 Å². The van der Waals surface area contributed by atoms with Crippen LogP contribution >= 0.6 is 0 Å². The molecule has 1 aliphatic heterocycles. The van der Waals surface area contributed by atoms with Gasteiger partial charge in [0.25, 0.3) is 5.91 Å². The van der Waals surface area contributed by atoms with E-state index in [2.05, 4.69) is 34.5 Å². The first-order chi connectivity index (χ1) is 14.2. The van der Waals surface area contributed by atoms with Crippen LogP contribution in [0.25, 0.3) is 0 Å². The number of fused-ring (bicyclic) bond motifs is 1. The molecule has 0 fully saturated rings. The van der Waals surface area contributed by atoms with Gasteiger partial charge in [0.05, 0.1) is 6.04 Å². The first kappa shape index (κ1) is 18.6. The maximum absolute atomic E-state index is 13.5. The van der Waals surface area contributed by atoms with E-state index in [4.69, 9.17) is 0 Å². The smallest absolute Gasteiger partial charge is 0.251 e. The summed E-state index contributed by atoms with van der Waals surface area (Å²) in [5, 5.41) is 3.65. The SMILES string of the molecule is O=C1C2=C(CCCC2)[C@H](NCc2ccc(F)cc2)N1[C@H]1CCCc2ccccc21. The second-order valence-corrected chi connectivity index (χ2v) is 8.44. The van der Waals surface area contributed by atoms with Gasteiger partial charge in [-0.05, 0) is 79.3 Å². The maximum Gasteiger partial charge on any atom is 0.251 e. The Labute approximate surface area is 171 Å². The molecule has 5 rings (SSSR count). The molecule has 0 unspecified atom stereocenters. The van der Waals surface area contributed by atoms with Crippen LogP contribution < -0.4 is 5.32 Å². The number of nitrogens with zero attached hydrogens (tertiary/aromatic N) is 1. The van der Waals surface area contributed by atoms with Crippen molar-refractivity contribution in [2.45, 2.75) is 63.7 Å². The number of aryl methyl sites for hydroxylation is 1. The fourth-order valence-electron chi connectivity index (χ4n) is 5.29. The second kappa shape index (κ2) is 7.75. The number of hydrogen-bond acceptors (Lipinski definition) is 2. The Balaban J connectivity index is 1.46. The highest BCUT2D eigenvalue weighted by atomic mass is 19.1. The van der Waals surface area contributed by atoms with E-state index in [0.29, 0.717) is 6.54 Å². The molecule has 2 aliphatic carbocycles. The third-order valence-corrected chi connectivity index (χ3v) is 6.70. The molecule has 0 bridgehead atoms. The van der Waals surface area contributed by atoms with Gasteiger partial charge in [0, 0.05) is 12.1 Å². The van der Waals surface area contributed by atoms with Crippen LogP contribution in [0.15, 0.2) is 59.7 Å². The zero-order valence-corrected chi connectivity index (χ0v) is 16.7. The van der Waals surface area contributed by atoms with Gasteiger partial charge in [0.2, 0.25) is 0 Å². The predicted molar refractivity (Wildman–Crippen MR) is 111 cm³/mol. The average molecular weight is 391 g/mol. The van der Waals surface area contributed by atoms with Crippen LogP contribution in [0.5, 0.6) is 0 Å². The van der Waals surface area contributed by atoms with Gasteiger partial charge in [-0.2, -0.15) is 0 Å². The molecule has 0 radical (unpaired) electrons. The lowest BCUT2D eigenvalue weighted by atomic mass is 9.86. The van der Waals surface area contributed by atoms with E-state index in [1.165, 1.54) is 28.8 Å². The van der Waals surface area contributed by atoms with Crippen molar-refractivity contribution in [3.63, 3.8) is 0 Å². The molecule has 3 aliphatic rings. The third-order valence-electron chi connectivity index (χ3n) is 6.70. The first-order valence-electron chi connectivity index (χ1n) is 10.8. The maximum atomic E-state index is 13.5. The minimum Gasteiger partial charge on any atom is -0.312 e. The molecule has 3 nitrogen and oxygen atoms in total. The van der Waals surface area contributed by atoms with Gasteiger partial charge in [-0.25, -0.2) is 4.39 Å². The van der Waals surface area contributed by atoms with Crippen LogP contribution in [0.4, 0.5) is 4.39 Å². The van der Waals surface area contributed by atoms with E-state index in [1.807, 2.05) is 12.1 Å². The summed E-state index contributed by atoms with van der Waals surface area (Å²) >= 11 is 0. The summed E-state index contributed by atoms with van der Waals surface area (Å²) in [7, 11) is 0. The van der Waals surface area contributed by atoms with Crippen LogP contribution in [0.3, 0.4) is 0 Å². The van der Waals surface area contributed by atoms with Crippen molar-refractivity contribution in [3.8, 4) is 0 Å². The van der Waals surface area contributed by atoms with Crippen molar-refractivity contribution in [1.82, 2.24) is 10.2 Å². The molecular formula is C25H27FN2O. The Morgan fingerprint density at radius 3 is 2.62 bits per heavy atom. The average Bonchev–Trinajstić information content (AvgIpc) is 3.05. The van der Waals surface area contributed by atoms with E-state index >= 15 is 0 Å². The highest BCUT2D eigenvalue weighted by Crippen LogP contribution is 2.43. The van der Waals surface area contributed by atoms with Gasteiger partial charge in [-0.3, -0.25) is 10.1 Å². The van der Waals surface area contributed by atoms with Gasteiger partial charge in [0.1, 0.15) is 12.0 Å². The number of carbonyl (C=O) groups excluding carboxylic acids is 1. The Morgan fingerprint density at radius 2 is 1.76 bits per heavy atom. The zero-order chi connectivity index (χ0) is 19.8. The molecule has 2 aromatic carbocycles. The van der Waals surface area contributed by atoms with E-state index in [-0.39, 0.29) is 23.9 Å². The highest BCUT2D eigenvalue weighted by Gasteiger charge is 2.44. The molecule has 0 saturated heterocycles. The summed E-state index contributed by atoms with van der Waals surface area (Å²) in [6.45, 7) is 0.625. The predicted octanol–water partition coefficient (Wildman–Crippen LogP) is 5.03. The van der Waals surface area contributed by atoms with Crippen molar-refractivity contribution < 1.29 is 9.18 Å². The van der Waals surface area contributed by atoms with Crippen LogP contribution in [-0.4, -0.2) is 17.0 Å². The largest absolute Gasteiger partial charge is 0.312 e. The minimum absolute atomic E-state index is 0.0565. The van der Waals surface area contributed by atoms with Crippen LogP contribution in [0, 0.1) is 5.82 Å². The Kier molecular flexibility index (Phi) is 4.96. The number of nitrogens with one attached hydrogen (secondary N) is 1. The molecule has 1 heterocycles. The Bertz CT molecular complexity index is 950. The molecular weight excluding hydrogens is 363 g/mol. The Morgan fingerprint density at radius 1 is 0.966 bits per heavy atom. The Hall–Kier alpha value is -2.46. The minimum atomic E-state index is -0.220. The highest BCUT2D eigenvalue weighted by molar-refractivity contribution is 5.98. The summed E-state index contributed by atoms with van der Waals surface area (Å²) in [5.74, 6) is 0.000479. The van der Waals surface area contributed by atoms with Gasteiger partial charge < -0.3 is 4.90 Å². The number of hydrogen-bond donors (Lipinski definition) is 1. The first-order valence-corrected chi connectivity index (χ1v) is 10.8. The molecule has 1 N–H and O–H groups in total. The molecule has 2 atom stereocenters. The van der Waals surface area contributed by atoms with Gasteiger partial charge >= 0.3 is 0 Å². The zero-order valence-electron chi connectivity index (χ0n) is 16.7. The summed E-state index contributed by atoms with van der Waals surface area (Å²) < 4.78 is 13.3. The normalized spacial score (nSPS) is 23.9. The number of halogens is 1. The molecule has 0 aromatic heterocycles. The molecule has 29 heavy (non-hydrogen) atoms. The van der Waals surface area contributed by atoms with Crippen molar-refractivity contribution in [3.05, 3.63) is 82.2 Å². The van der Waals surface area contributed by atoms with Crippen LogP contribution in [0.1, 0.15) is 61.3 Å². The van der Waals surface area contributed by atoms with Crippen LogP contribution in [0.2, 0.25) is 0 Å². The quantitative estimate of drug-likeness (QED) is 0.794. The van der Waals surface area contributed by atoms with E-state index < -0.39 is 0 Å². The summed E-state index contributed by atoms with van der Waals surface area (Å²) in [6.07, 6.45) is 7.30. The summed E-state index contributed by atoms with van der Waals surface area (Å²) in [6, 6.07) is 15.3. The lowest BCUT2D eigenvalue weighted by molar-refractivity contribution is -0.130. The van der Waals surface area contributed by atoms with Gasteiger partial charge in [-0.1, -0.05) is 36.4 Å². The summed E-state index contributed by atoms with van der Waals surface area (Å²) in [4.78, 5) is 15.6. The van der Waals surface area contributed by atoms with Crippen molar-refractivity contribution in [2.75, 3.05) is 0 Å². The van der Waals surface area contributed by atoms with E-state index in [0.717, 1.165) is 56.1 Å². The lowest BCUT2D eigenvalue weighted by Crippen LogP contribution is -2.47. The van der Waals surface area contributed by atoms with Crippen molar-refractivity contribution in [1.29, 1.82) is 0 Å². The van der Waals surface area contributed by atoms with Crippen molar-refractivity contribution >= 4 is 5.91 Å². The topological polar surface area (TPSA) is 32.3 Å². The van der Waals surface area contributed by atoms with Gasteiger partial charge in [0.15, 0.2) is 0 Å². The van der Waals surface area contributed by atoms with E-state index in [9.17, 15) is 9.18 Å². The third kappa shape index (κ3) is 3.40. The second-order valence-electron chi connectivity index (χ2n) is 8.44. The van der Waals surface area contributed by atoms with Crippen LogP contribution in [-0.2, 0) is 17.8 Å². The monoisotopic (exact) mass is 390 g/mol.